The van der Waals surface area contributed by atoms with E-state index in [1.54, 1.807) is 6.92 Å². The van der Waals surface area contributed by atoms with Crippen molar-refractivity contribution < 1.29 is 8.42 Å². The van der Waals surface area contributed by atoms with Crippen molar-refractivity contribution >= 4 is 56.1 Å². The number of benzene rings is 1. The van der Waals surface area contributed by atoms with Crippen LogP contribution in [0.1, 0.15) is 13.3 Å². The molecule has 3 N–H and O–H groups in total. The number of sulfone groups is 1. The van der Waals surface area contributed by atoms with Crippen molar-refractivity contribution in [1.29, 1.82) is 0 Å². The van der Waals surface area contributed by atoms with Crippen LogP contribution in [-0.4, -0.2) is 25.0 Å². The molecule has 0 aromatic heterocycles. The molecule has 110 valence electrons. The summed E-state index contributed by atoms with van der Waals surface area (Å²) in [6.45, 7) is 1.67. The Morgan fingerprint density at radius 2 is 2.10 bits per heavy atom. The van der Waals surface area contributed by atoms with E-state index in [1.165, 1.54) is 18.2 Å². The van der Waals surface area contributed by atoms with Crippen LogP contribution in [0.15, 0.2) is 28.2 Å². The first-order valence-corrected chi connectivity index (χ1v) is 8.30. The summed E-state index contributed by atoms with van der Waals surface area (Å²) in [5.41, 5.74) is 8.17. The third-order valence-corrected chi connectivity index (χ3v) is 4.84. The number of nitrogens with two attached hydrogens (primary N) is 1. The number of thiocarbonyl (C=S) groups is 1. The molecular formula is C11H13Cl2N3O2S2. The number of hydrazone groups is 1. The van der Waals surface area contributed by atoms with Crippen LogP contribution in [0.25, 0.3) is 0 Å². The van der Waals surface area contributed by atoms with Gasteiger partial charge in [0, 0.05) is 17.2 Å². The summed E-state index contributed by atoms with van der Waals surface area (Å²) in [6, 6.07) is 4.31. The highest BCUT2D eigenvalue weighted by atomic mass is 35.5. The lowest BCUT2D eigenvalue weighted by Gasteiger charge is -2.07. The maximum atomic E-state index is 12.2. The van der Waals surface area contributed by atoms with Gasteiger partial charge in [-0.2, -0.15) is 5.10 Å². The smallest absolute Gasteiger partial charge is 0.184 e. The minimum atomic E-state index is -3.54. The lowest BCUT2D eigenvalue weighted by molar-refractivity contribution is 0.596. The average molecular weight is 354 g/mol. The SMILES string of the molecule is C/C(CCS(=O)(=O)c1cc(Cl)ccc1Cl)=N\NC(N)=S. The first-order chi connectivity index (χ1) is 9.22. The van der Waals surface area contributed by atoms with Crippen LogP contribution in [0.4, 0.5) is 0 Å². The van der Waals surface area contributed by atoms with Gasteiger partial charge in [-0.05, 0) is 37.3 Å². The average Bonchev–Trinajstić information content (AvgIpc) is 2.36. The molecule has 0 heterocycles. The number of nitrogens with zero attached hydrogens (tertiary/aromatic N) is 1. The molecular weight excluding hydrogens is 341 g/mol. The van der Waals surface area contributed by atoms with E-state index in [4.69, 9.17) is 28.9 Å². The van der Waals surface area contributed by atoms with Gasteiger partial charge in [0.1, 0.15) is 0 Å². The third kappa shape index (κ3) is 5.24. The molecule has 20 heavy (non-hydrogen) atoms. The number of nitrogens with one attached hydrogen (secondary N) is 1. The topological polar surface area (TPSA) is 84.5 Å². The molecule has 0 saturated carbocycles. The molecule has 0 aliphatic heterocycles. The van der Waals surface area contributed by atoms with Gasteiger partial charge >= 0.3 is 0 Å². The van der Waals surface area contributed by atoms with Gasteiger partial charge in [0.15, 0.2) is 14.9 Å². The summed E-state index contributed by atoms with van der Waals surface area (Å²) < 4.78 is 24.4. The number of halogens is 2. The van der Waals surface area contributed by atoms with Crippen LogP contribution < -0.4 is 11.2 Å². The van der Waals surface area contributed by atoms with Gasteiger partial charge in [0.05, 0.1) is 15.7 Å². The van der Waals surface area contributed by atoms with E-state index in [0.29, 0.717) is 10.7 Å². The highest BCUT2D eigenvalue weighted by Crippen LogP contribution is 2.26. The van der Waals surface area contributed by atoms with E-state index in [2.05, 4.69) is 22.7 Å². The summed E-state index contributed by atoms with van der Waals surface area (Å²) in [5, 5.41) is 4.31. The Hall–Kier alpha value is -0.890. The summed E-state index contributed by atoms with van der Waals surface area (Å²) in [6.07, 6.45) is 0.223. The van der Waals surface area contributed by atoms with Crippen molar-refractivity contribution in [3.63, 3.8) is 0 Å². The zero-order valence-corrected chi connectivity index (χ0v) is 13.7. The van der Waals surface area contributed by atoms with Gasteiger partial charge in [0.2, 0.25) is 0 Å². The Morgan fingerprint density at radius 3 is 2.70 bits per heavy atom. The van der Waals surface area contributed by atoms with Gasteiger partial charge < -0.3 is 5.73 Å². The number of hydrogen-bond donors (Lipinski definition) is 2. The predicted octanol–water partition coefficient (Wildman–Crippen LogP) is 2.37. The molecule has 1 aromatic carbocycles. The van der Waals surface area contributed by atoms with Crippen LogP contribution in [-0.2, 0) is 9.84 Å². The van der Waals surface area contributed by atoms with E-state index in [0.717, 1.165) is 0 Å². The van der Waals surface area contributed by atoms with Gasteiger partial charge in [-0.1, -0.05) is 23.2 Å². The van der Waals surface area contributed by atoms with Crippen molar-refractivity contribution in [2.45, 2.75) is 18.2 Å². The molecule has 1 aromatic rings. The van der Waals surface area contributed by atoms with Crippen molar-refractivity contribution in [1.82, 2.24) is 5.43 Å². The zero-order chi connectivity index (χ0) is 15.3. The first kappa shape index (κ1) is 17.2. The molecule has 0 atom stereocenters. The summed E-state index contributed by atoms with van der Waals surface area (Å²) >= 11 is 16.3. The van der Waals surface area contributed by atoms with Crippen molar-refractivity contribution in [2.24, 2.45) is 10.8 Å². The quantitative estimate of drug-likeness (QED) is 0.482. The second-order valence-corrected chi connectivity index (χ2v) is 7.33. The molecule has 0 amide bonds. The van der Waals surface area contributed by atoms with Crippen molar-refractivity contribution in [2.75, 3.05) is 5.75 Å². The normalized spacial score (nSPS) is 12.2. The Balaban J connectivity index is 2.83. The molecule has 0 radical (unpaired) electrons. The molecule has 9 heteroatoms. The minimum absolute atomic E-state index is 0.0155. The minimum Gasteiger partial charge on any atom is -0.375 e. The van der Waals surface area contributed by atoms with Crippen LogP contribution >= 0.6 is 35.4 Å². The lowest BCUT2D eigenvalue weighted by Crippen LogP contribution is -2.25. The van der Waals surface area contributed by atoms with Crippen LogP contribution in [0.2, 0.25) is 10.0 Å². The van der Waals surface area contributed by atoms with Crippen LogP contribution in [0, 0.1) is 0 Å². The van der Waals surface area contributed by atoms with E-state index >= 15 is 0 Å². The van der Waals surface area contributed by atoms with Gasteiger partial charge in [-0.25, -0.2) is 8.42 Å². The second kappa shape index (κ2) is 7.21. The van der Waals surface area contributed by atoms with E-state index in [1.807, 2.05) is 0 Å². The molecule has 0 saturated heterocycles. The third-order valence-electron chi connectivity index (χ3n) is 2.32. The van der Waals surface area contributed by atoms with Gasteiger partial charge in [-0.3, -0.25) is 5.43 Å². The second-order valence-electron chi connectivity index (χ2n) is 3.97. The fourth-order valence-corrected chi connectivity index (χ4v) is 3.52. The first-order valence-electron chi connectivity index (χ1n) is 5.49. The maximum absolute atomic E-state index is 12.2. The Morgan fingerprint density at radius 1 is 1.45 bits per heavy atom. The van der Waals surface area contributed by atoms with E-state index < -0.39 is 9.84 Å². The van der Waals surface area contributed by atoms with Gasteiger partial charge in [0.25, 0.3) is 0 Å². The lowest BCUT2D eigenvalue weighted by atomic mass is 10.3. The van der Waals surface area contributed by atoms with Crippen molar-refractivity contribution in [3.8, 4) is 0 Å². The summed E-state index contributed by atoms with van der Waals surface area (Å²) in [4.78, 5) is 0.0155. The van der Waals surface area contributed by atoms with Crippen LogP contribution in [0.3, 0.4) is 0 Å². The van der Waals surface area contributed by atoms with E-state index in [-0.39, 0.29) is 27.2 Å². The number of rotatable bonds is 5. The van der Waals surface area contributed by atoms with E-state index in [9.17, 15) is 8.42 Å². The highest BCUT2D eigenvalue weighted by molar-refractivity contribution is 7.91. The Labute approximate surface area is 133 Å². The monoisotopic (exact) mass is 353 g/mol. The molecule has 0 aliphatic carbocycles. The predicted molar refractivity (Wildman–Crippen MR) is 86.2 cm³/mol. The highest BCUT2D eigenvalue weighted by Gasteiger charge is 2.18. The summed E-state index contributed by atoms with van der Waals surface area (Å²) in [5.74, 6) is -0.137. The molecule has 0 unspecified atom stereocenters. The zero-order valence-electron chi connectivity index (χ0n) is 10.6. The van der Waals surface area contributed by atoms with Gasteiger partial charge in [-0.15, -0.1) is 0 Å². The molecule has 0 aliphatic rings. The van der Waals surface area contributed by atoms with Crippen LogP contribution in [0.5, 0.6) is 0 Å². The molecule has 0 bridgehead atoms. The fourth-order valence-electron chi connectivity index (χ4n) is 1.31. The summed E-state index contributed by atoms with van der Waals surface area (Å²) in [7, 11) is -3.54. The number of hydrogen-bond acceptors (Lipinski definition) is 4. The Bertz CT molecular complexity index is 645. The fraction of sp³-hybridized carbons (Fsp3) is 0.273. The molecule has 0 spiro atoms. The molecule has 0 fully saturated rings. The van der Waals surface area contributed by atoms with Crippen molar-refractivity contribution in [3.05, 3.63) is 28.2 Å². The maximum Gasteiger partial charge on any atom is 0.184 e. The molecule has 5 nitrogen and oxygen atoms in total. The largest absolute Gasteiger partial charge is 0.375 e. The molecule has 1 rings (SSSR count). The standard InChI is InChI=1S/C11H13Cl2N3O2S2/c1-7(15-16-11(14)19)4-5-20(17,18)10-6-8(12)2-3-9(10)13/h2-3,6H,4-5H2,1H3,(H3,14,16,19)/b15-7+. The Kier molecular flexibility index (Phi) is 6.19.